The molecule has 2 rings (SSSR count). The van der Waals surface area contributed by atoms with Crippen LogP contribution >= 0.6 is 50.9 Å². The SMILES string of the molecule is CCCNc1nc(Sc2ncccc2Br)c(Cl)cc1Cl. The molecule has 0 aromatic carbocycles. The van der Waals surface area contributed by atoms with Gasteiger partial charge in [0, 0.05) is 12.7 Å². The second kappa shape index (κ2) is 7.50. The van der Waals surface area contributed by atoms with Crippen LogP contribution in [-0.4, -0.2) is 16.5 Å². The van der Waals surface area contributed by atoms with Gasteiger partial charge in [-0.25, -0.2) is 9.97 Å². The molecule has 3 nitrogen and oxygen atoms in total. The van der Waals surface area contributed by atoms with E-state index in [1.165, 1.54) is 11.8 Å². The first-order chi connectivity index (χ1) is 9.61. The molecule has 20 heavy (non-hydrogen) atoms. The summed E-state index contributed by atoms with van der Waals surface area (Å²) in [5.41, 5.74) is 0. The second-order valence-electron chi connectivity index (χ2n) is 3.92. The summed E-state index contributed by atoms with van der Waals surface area (Å²) >= 11 is 17.2. The Balaban J connectivity index is 2.29. The maximum Gasteiger partial charge on any atom is 0.146 e. The van der Waals surface area contributed by atoms with Crippen molar-refractivity contribution in [3.63, 3.8) is 0 Å². The maximum absolute atomic E-state index is 6.20. The van der Waals surface area contributed by atoms with Gasteiger partial charge in [-0.1, -0.05) is 30.1 Å². The summed E-state index contributed by atoms with van der Waals surface area (Å²) in [5.74, 6) is 0.646. The molecule has 0 aliphatic heterocycles. The Morgan fingerprint density at radius 3 is 2.80 bits per heavy atom. The molecule has 0 amide bonds. The van der Waals surface area contributed by atoms with Crippen LogP contribution in [0.5, 0.6) is 0 Å². The van der Waals surface area contributed by atoms with Crippen LogP contribution in [0.1, 0.15) is 13.3 Å². The fraction of sp³-hybridized carbons (Fsp3) is 0.231. The predicted molar refractivity (Wildman–Crippen MR) is 89.1 cm³/mol. The van der Waals surface area contributed by atoms with E-state index in [0.717, 1.165) is 22.5 Å². The summed E-state index contributed by atoms with van der Waals surface area (Å²) < 4.78 is 0.904. The number of nitrogens with zero attached hydrogens (tertiary/aromatic N) is 2. The van der Waals surface area contributed by atoms with E-state index in [1.807, 2.05) is 12.1 Å². The van der Waals surface area contributed by atoms with Gasteiger partial charge in [-0.15, -0.1) is 0 Å². The van der Waals surface area contributed by atoms with Gasteiger partial charge >= 0.3 is 0 Å². The maximum atomic E-state index is 6.20. The average Bonchev–Trinajstić information content (AvgIpc) is 2.43. The molecule has 0 radical (unpaired) electrons. The third-order valence-electron chi connectivity index (χ3n) is 2.36. The highest BCUT2D eigenvalue weighted by molar-refractivity contribution is 9.10. The van der Waals surface area contributed by atoms with Crippen LogP contribution in [0.25, 0.3) is 0 Å². The van der Waals surface area contributed by atoms with Gasteiger partial charge in [0.1, 0.15) is 15.9 Å². The lowest BCUT2D eigenvalue weighted by atomic mass is 10.4. The fourth-order valence-corrected chi connectivity index (χ4v) is 3.22. The molecule has 0 aliphatic carbocycles. The molecule has 0 aliphatic rings. The molecule has 2 aromatic heterocycles. The van der Waals surface area contributed by atoms with Gasteiger partial charge < -0.3 is 5.32 Å². The first-order valence-electron chi connectivity index (χ1n) is 6.00. The average molecular weight is 393 g/mol. The summed E-state index contributed by atoms with van der Waals surface area (Å²) in [7, 11) is 0. The lowest BCUT2D eigenvalue weighted by Crippen LogP contribution is -2.03. The Bertz CT molecular complexity index is 610. The van der Waals surface area contributed by atoms with Crippen LogP contribution in [0.2, 0.25) is 10.0 Å². The third kappa shape index (κ3) is 4.01. The van der Waals surface area contributed by atoms with Gasteiger partial charge in [-0.05, 0) is 52.3 Å². The summed E-state index contributed by atoms with van der Waals surface area (Å²) in [6.45, 7) is 2.89. The molecule has 0 bridgehead atoms. The van der Waals surface area contributed by atoms with Crippen molar-refractivity contribution in [3.05, 3.63) is 38.9 Å². The van der Waals surface area contributed by atoms with Crippen molar-refractivity contribution in [1.82, 2.24) is 9.97 Å². The molecule has 0 atom stereocenters. The summed E-state index contributed by atoms with van der Waals surface area (Å²) in [6, 6.07) is 5.49. The van der Waals surface area contributed by atoms with E-state index in [1.54, 1.807) is 12.3 Å². The fourth-order valence-electron chi connectivity index (χ4n) is 1.43. The second-order valence-corrected chi connectivity index (χ2v) is 6.57. The molecule has 106 valence electrons. The molecule has 0 saturated carbocycles. The highest BCUT2D eigenvalue weighted by atomic mass is 79.9. The minimum absolute atomic E-state index is 0.514. The smallest absolute Gasteiger partial charge is 0.146 e. The molecule has 0 saturated heterocycles. The number of nitrogens with one attached hydrogen (secondary N) is 1. The molecule has 2 aromatic rings. The summed E-state index contributed by atoms with van der Waals surface area (Å²) in [6.07, 6.45) is 2.72. The van der Waals surface area contributed by atoms with Crippen molar-refractivity contribution in [2.24, 2.45) is 0 Å². The number of aromatic nitrogens is 2. The highest BCUT2D eigenvalue weighted by Crippen LogP contribution is 2.37. The molecule has 0 spiro atoms. The van der Waals surface area contributed by atoms with Gasteiger partial charge in [0.2, 0.25) is 0 Å². The number of hydrogen-bond donors (Lipinski definition) is 1. The van der Waals surface area contributed by atoms with Crippen LogP contribution in [-0.2, 0) is 0 Å². The largest absolute Gasteiger partial charge is 0.369 e. The standard InChI is InChI=1S/C13H12BrCl2N3S/c1-2-5-17-11-9(15)7-10(16)13(19-11)20-12-8(14)4-3-6-18-12/h3-4,6-7H,2,5H2,1H3,(H,17,19). The Morgan fingerprint density at radius 1 is 1.30 bits per heavy atom. The summed E-state index contributed by atoms with van der Waals surface area (Å²) in [5, 5.41) is 5.70. The number of halogens is 3. The topological polar surface area (TPSA) is 37.8 Å². The van der Waals surface area contributed by atoms with Crippen LogP contribution in [0, 0.1) is 0 Å². The molecule has 1 N–H and O–H groups in total. The van der Waals surface area contributed by atoms with Crippen LogP contribution in [0.3, 0.4) is 0 Å². The van der Waals surface area contributed by atoms with Gasteiger partial charge in [0.05, 0.1) is 14.5 Å². The Hall–Kier alpha value is -0.490. The van der Waals surface area contributed by atoms with Crippen molar-refractivity contribution >= 4 is 56.7 Å². The molecule has 0 fully saturated rings. The van der Waals surface area contributed by atoms with E-state index in [-0.39, 0.29) is 0 Å². The monoisotopic (exact) mass is 391 g/mol. The first-order valence-corrected chi connectivity index (χ1v) is 8.36. The lowest BCUT2D eigenvalue weighted by molar-refractivity contribution is 0.959. The van der Waals surface area contributed by atoms with Crippen LogP contribution < -0.4 is 5.32 Å². The van der Waals surface area contributed by atoms with E-state index in [9.17, 15) is 0 Å². The molecule has 7 heteroatoms. The van der Waals surface area contributed by atoms with E-state index >= 15 is 0 Å². The Labute approximate surface area is 140 Å². The van der Waals surface area contributed by atoms with Crippen molar-refractivity contribution in [3.8, 4) is 0 Å². The minimum Gasteiger partial charge on any atom is -0.369 e. The Morgan fingerprint density at radius 2 is 2.10 bits per heavy atom. The quantitative estimate of drug-likeness (QED) is 0.726. The van der Waals surface area contributed by atoms with Gasteiger partial charge in [0.25, 0.3) is 0 Å². The van der Waals surface area contributed by atoms with E-state index < -0.39 is 0 Å². The lowest BCUT2D eigenvalue weighted by Gasteiger charge is -2.10. The molecule has 2 heterocycles. The molecule has 0 unspecified atom stereocenters. The number of rotatable bonds is 5. The third-order valence-corrected chi connectivity index (χ3v) is 4.97. The Kier molecular flexibility index (Phi) is 5.96. The zero-order chi connectivity index (χ0) is 14.5. The molecular formula is C13H12BrCl2N3S. The van der Waals surface area contributed by atoms with Gasteiger partial charge in [0.15, 0.2) is 0 Å². The van der Waals surface area contributed by atoms with Crippen LogP contribution in [0.4, 0.5) is 5.82 Å². The number of hydrogen-bond acceptors (Lipinski definition) is 4. The normalized spacial score (nSPS) is 10.6. The van der Waals surface area contributed by atoms with Gasteiger partial charge in [-0.2, -0.15) is 0 Å². The molecular weight excluding hydrogens is 381 g/mol. The van der Waals surface area contributed by atoms with Gasteiger partial charge in [-0.3, -0.25) is 0 Å². The summed E-state index contributed by atoms with van der Waals surface area (Å²) in [4.78, 5) is 8.77. The predicted octanol–water partition coefficient (Wildman–Crippen LogP) is 5.52. The van der Waals surface area contributed by atoms with Crippen molar-refractivity contribution in [2.75, 3.05) is 11.9 Å². The zero-order valence-electron chi connectivity index (χ0n) is 10.7. The zero-order valence-corrected chi connectivity index (χ0v) is 14.6. The van der Waals surface area contributed by atoms with Crippen molar-refractivity contribution in [2.45, 2.75) is 23.4 Å². The number of anilines is 1. The van der Waals surface area contributed by atoms with Crippen molar-refractivity contribution < 1.29 is 0 Å². The first kappa shape index (κ1) is 15.9. The minimum atomic E-state index is 0.514. The highest BCUT2D eigenvalue weighted by Gasteiger charge is 2.12. The van der Waals surface area contributed by atoms with Crippen LogP contribution in [0.15, 0.2) is 38.9 Å². The van der Waals surface area contributed by atoms with E-state index in [4.69, 9.17) is 23.2 Å². The van der Waals surface area contributed by atoms with E-state index in [2.05, 4.69) is 38.1 Å². The van der Waals surface area contributed by atoms with Crippen molar-refractivity contribution in [1.29, 1.82) is 0 Å². The van der Waals surface area contributed by atoms with E-state index in [0.29, 0.717) is 20.9 Å². The number of pyridine rings is 2.